The fourth-order valence-electron chi connectivity index (χ4n) is 2.84. The van der Waals surface area contributed by atoms with Gasteiger partial charge >= 0.3 is 0 Å². The summed E-state index contributed by atoms with van der Waals surface area (Å²) >= 11 is 1.34. The van der Waals surface area contributed by atoms with Crippen molar-refractivity contribution in [2.24, 2.45) is 5.92 Å². The average molecular weight is 290 g/mol. The van der Waals surface area contributed by atoms with E-state index in [9.17, 15) is 4.79 Å². The minimum atomic E-state index is 0.0201. The predicted molar refractivity (Wildman–Crippen MR) is 80.7 cm³/mol. The van der Waals surface area contributed by atoms with Crippen molar-refractivity contribution in [1.82, 2.24) is 14.9 Å². The Hall–Kier alpha value is -1.69. The topological polar surface area (TPSA) is 72.1 Å². The molecule has 1 aliphatic rings. The van der Waals surface area contributed by atoms with Crippen LogP contribution in [0.5, 0.6) is 0 Å². The first-order valence-electron chi connectivity index (χ1n) is 6.88. The lowest BCUT2D eigenvalue weighted by Crippen LogP contribution is -2.44. The van der Waals surface area contributed by atoms with Crippen molar-refractivity contribution in [1.29, 1.82) is 0 Å². The number of thiophene rings is 1. The monoisotopic (exact) mass is 290 g/mol. The first-order valence-corrected chi connectivity index (χ1v) is 7.69. The summed E-state index contributed by atoms with van der Waals surface area (Å²) in [7, 11) is 0. The highest BCUT2D eigenvalue weighted by Crippen LogP contribution is 2.33. The molecule has 1 amide bonds. The number of anilines is 1. The number of fused-ring (bicyclic) bond motifs is 1. The van der Waals surface area contributed by atoms with Gasteiger partial charge in [-0.2, -0.15) is 0 Å². The van der Waals surface area contributed by atoms with Gasteiger partial charge in [0.2, 0.25) is 0 Å². The fraction of sp³-hybridized carbons (Fsp3) is 0.500. The maximum atomic E-state index is 12.7. The van der Waals surface area contributed by atoms with Crippen LogP contribution in [0.4, 0.5) is 5.69 Å². The molecule has 1 aliphatic heterocycles. The molecule has 1 fully saturated rings. The van der Waals surface area contributed by atoms with Crippen molar-refractivity contribution in [2.75, 3.05) is 12.3 Å². The molecule has 2 unspecified atom stereocenters. The van der Waals surface area contributed by atoms with Gasteiger partial charge in [-0.05, 0) is 25.7 Å². The molecule has 0 bridgehead atoms. The number of hydrogen-bond donors (Lipinski definition) is 1. The zero-order valence-electron chi connectivity index (χ0n) is 11.7. The van der Waals surface area contributed by atoms with Crippen LogP contribution in [0.2, 0.25) is 0 Å². The first kappa shape index (κ1) is 13.3. The molecule has 1 saturated heterocycles. The number of hydrogen-bond acceptors (Lipinski definition) is 5. The summed E-state index contributed by atoms with van der Waals surface area (Å²) < 4.78 is 0. The maximum Gasteiger partial charge on any atom is 0.266 e. The number of nitrogens with two attached hydrogens (primary N) is 1. The van der Waals surface area contributed by atoms with E-state index < -0.39 is 0 Å². The Kier molecular flexibility index (Phi) is 3.33. The van der Waals surface area contributed by atoms with E-state index in [2.05, 4.69) is 23.8 Å². The smallest absolute Gasteiger partial charge is 0.266 e. The SMILES string of the molecule is CC1CCN(C(=O)c2sc3nccnc3c2N)C(C)C1. The van der Waals surface area contributed by atoms with E-state index in [1.165, 1.54) is 11.3 Å². The van der Waals surface area contributed by atoms with Gasteiger partial charge in [-0.25, -0.2) is 9.97 Å². The second-order valence-electron chi connectivity index (χ2n) is 5.53. The Morgan fingerprint density at radius 2 is 2.15 bits per heavy atom. The van der Waals surface area contributed by atoms with Gasteiger partial charge < -0.3 is 10.6 Å². The molecule has 106 valence electrons. The van der Waals surface area contributed by atoms with Crippen LogP contribution in [-0.2, 0) is 0 Å². The molecule has 2 aromatic rings. The first-order chi connectivity index (χ1) is 9.58. The van der Waals surface area contributed by atoms with E-state index in [0.717, 1.165) is 24.2 Å². The van der Waals surface area contributed by atoms with Gasteiger partial charge in [0.05, 0.1) is 5.69 Å². The van der Waals surface area contributed by atoms with Crippen molar-refractivity contribution >= 4 is 33.3 Å². The zero-order valence-corrected chi connectivity index (χ0v) is 12.5. The van der Waals surface area contributed by atoms with Crippen LogP contribution < -0.4 is 5.73 Å². The third-order valence-corrected chi connectivity index (χ3v) is 5.05. The zero-order chi connectivity index (χ0) is 14.3. The highest BCUT2D eigenvalue weighted by Gasteiger charge is 2.30. The summed E-state index contributed by atoms with van der Waals surface area (Å²) in [6.45, 7) is 5.14. The molecular formula is C14H18N4OS. The molecule has 2 aromatic heterocycles. The predicted octanol–water partition coefficient (Wildman–Crippen LogP) is 2.53. The molecule has 2 atom stereocenters. The molecule has 20 heavy (non-hydrogen) atoms. The average Bonchev–Trinajstić information content (AvgIpc) is 2.76. The number of nitrogen functional groups attached to an aromatic ring is 1. The van der Waals surface area contributed by atoms with Crippen molar-refractivity contribution in [2.45, 2.75) is 32.7 Å². The third-order valence-electron chi connectivity index (χ3n) is 3.96. The van der Waals surface area contributed by atoms with E-state index in [1.807, 2.05) is 4.90 Å². The molecule has 6 heteroatoms. The van der Waals surface area contributed by atoms with E-state index in [0.29, 0.717) is 22.0 Å². The van der Waals surface area contributed by atoms with Crippen LogP contribution in [0.15, 0.2) is 12.4 Å². The van der Waals surface area contributed by atoms with E-state index in [4.69, 9.17) is 5.73 Å². The molecule has 3 rings (SSSR count). The van der Waals surface area contributed by atoms with Crippen LogP contribution in [-0.4, -0.2) is 33.4 Å². The maximum absolute atomic E-state index is 12.7. The van der Waals surface area contributed by atoms with Crippen LogP contribution in [0.25, 0.3) is 10.3 Å². The number of likely N-dealkylation sites (tertiary alicyclic amines) is 1. The molecular weight excluding hydrogens is 272 g/mol. The Morgan fingerprint density at radius 3 is 2.85 bits per heavy atom. The van der Waals surface area contributed by atoms with Crippen molar-refractivity contribution < 1.29 is 4.79 Å². The quantitative estimate of drug-likeness (QED) is 0.876. The lowest BCUT2D eigenvalue weighted by atomic mass is 9.93. The minimum absolute atomic E-state index is 0.0201. The number of piperidine rings is 1. The van der Waals surface area contributed by atoms with E-state index in [-0.39, 0.29) is 11.9 Å². The van der Waals surface area contributed by atoms with Crippen molar-refractivity contribution in [3.8, 4) is 0 Å². The number of amides is 1. The fourth-order valence-corrected chi connectivity index (χ4v) is 3.82. The summed E-state index contributed by atoms with van der Waals surface area (Å²) in [5.41, 5.74) is 7.18. The van der Waals surface area contributed by atoms with E-state index >= 15 is 0 Å². The summed E-state index contributed by atoms with van der Waals surface area (Å²) in [6, 6.07) is 0.261. The second-order valence-corrected chi connectivity index (χ2v) is 6.53. The normalized spacial score (nSPS) is 23.2. The lowest BCUT2D eigenvalue weighted by molar-refractivity contribution is 0.0594. The number of rotatable bonds is 1. The van der Waals surface area contributed by atoms with Crippen LogP contribution in [0.1, 0.15) is 36.4 Å². The van der Waals surface area contributed by atoms with Gasteiger partial charge in [-0.3, -0.25) is 4.79 Å². The Bertz CT molecular complexity index is 654. The molecule has 3 heterocycles. The standard InChI is InChI=1S/C14H18N4OS/c1-8-3-6-18(9(2)7-8)14(19)12-10(15)11-13(20-12)17-5-4-16-11/h4-5,8-9H,3,6-7,15H2,1-2H3. The van der Waals surface area contributed by atoms with Gasteiger partial charge in [0.15, 0.2) is 0 Å². The molecule has 0 aliphatic carbocycles. The second kappa shape index (κ2) is 5.01. The van der Waals surface area contributed by atoms with Gasteiger partial charge in [-0.1, -0.05) is 6.92 Å². The Morgan fingerprint density at radius 1 is 1.40 bits per heavy atom. The molecule has 0 radical (unpaired) electrons. The summed E-state index contributed by atoms with van der Waals surface area (Å²) in [6.07, 6.45) is 5.33. The molecule has 0 saturated carbocycles. The van der Waals surface area contributed by atoms with Crippen LogP contribution in [0, 0.1) is 5.92 Å². The minimum Gasteiger partial charge on any atom is -0.396 e. The van der Waals surface area contributed by atoms with Gasteiger partial charge in [0, 0.05) is 25.0 Å². The number of carbonyl (C=O) groups excluding carboxylic acids is 1. The van der Waals surface area contributed by atoms with E-state index in [1.54, 1.807) is 12.4 Å². The highest BCUT2D eigenvalue weighted by atomic mass is 32.1. The summed E-state index contributed by atoms with van der Waals surface area (Å²) in [4.78, 5) is 24.4. The number of nitrogens with zero attached hydrogens (tertiary/aromatic N) is 3. The molecule has 0 aromatic carbocycles. The largest absolute Gasteiger partial charge is 0.396 e. The number of carbonyl (C=O) groups is 1. The Labute approximate surface area is 121 Å². The molecule has 0 spiro atoms. The highest BCUT2D eigenvalue weighted by molar-refractivity contribution is 7.21. The number of aromatic nitrogens is 2. The van der Waals surface area contributed by atoms with Crippen LogP contribution >= 0.6 is 11.3 Å². The van der Waals surface area contributed by atoms with Crippen molar-refractivity contribution in [3.63, 3.8) is 0 Å². The van der Waals surface area contributed by atoms with Crippen molar-refractivity contribution in [3.05, 3.63) is 17.3 Å². The third kappa shape index (κ3) is 2.14. The lowest BCUT2D eigenvalue weighted by Gasteiger charge is -2.36. The van der Waals surface area contributed by atoms with Crippen LogP contribution in [0.3, 0.4) is 0 Å². The summed E-state index contributed by atoms with van der Waals surface area (Å²) in [5.74, 6) is 0.698. The molecule has 5 nitrogen and oxygen atoms in total. The van der Waals surface area contributed by atoms with Gasteiger partial charge in [0.25, 0.3) is 5.91 Å². The van der Waals surface area contributed by atoms with Gasteiger partial charge in [0.1, 0.15) is 15.2 Å². The molecule has 2 N–H and O–H groups in total. The van der Waals surface area contributed by atoms with Gasteiger partial charge in [-0.15, -0.1) is 11.3 Å². The Balaban J connectivity index is 1.94. The summed E-state index contributed by atoms with van der Waals surface area (Å²) in [5, 5.41) is 0.